The van der Waals surface area contributed by atoms with Gasteiger partial charge in [0.1, 0.15) is 0 Å². The van der Waals surface area contributed by atoms with E-state index in [0.717, 1.165) is 11.3 Å². The van der Waals surface area contributed by atoms with E-state index in [4.69, 9.17) is 0 Å². The molecule has 0 fully saturated rings. The summed E-state index contributed by atoms with van der Waals surface area (Å²) in [4.78, 5) is 18.9. The number of benzene rings is 1. The summed E-state index contributed by atoms with van der Waals surface area (Å²) in [6.07, 6.45) is 5.54. The molecule has 20 heavy (non-hydrogen) atoms. The van der Waals surface area contributed by atoms with Gasteiger partial charge in [0.15, 0.2) is 0 Å². The summed E-state index contributed by atoms with van der Waals surface area (Å²) in [6.45, 7) is 3.83. The Morgan fingerprint density at radius 3 is 2.80 bits per heavy atom. The van der Waals surface area contributed by atoms with Gasteiger partial charge >= 0.3 is 0 Å². The fourth-order valence-electron chi connectivity index (χ4n) is 1.98. The number of hydrogen-bond donors (Lipinski definition) is 1. The first-order chi connectivity index (χ1) is 9.61. The van der Waals surface area contributed by atoms with Crippen molar-refractivity contribution in [2.45, 2.75) is 26.3 Å². The van der Waals surface area contributed by atoms with Crippen LogP contribution in [0.5, 0.6) is 0 Å². The molecule has 0 bridgehead atoms. The van der Waals surface area contributed by atoms with Gasteiger partial charge in [0.05, 0.1) is 22.9 Å². The Morgan fingerprint density at radius 1 is 1.40 bits per heavy atom. The first-order valence-electron chi connectivity index (χ1n) is 6.41. The third-order valence-corrected chi connectivity index (χ3v) is 3.07. The Bertz CT molecular complexity index is 601. The van der Waals surface area contributed by atoms with Crippen molar-refractivity contribution in [3.05, 3.63) is 58.2 Å². The van der Waals surface area contributed by atoms with Crippen molar-refractivity contribution in [3.8, 4) is 0 Å². The van der Waals surface area contributed by atoms with E-state index in [0.29, 0.717) is 12.1 Å². The quantitative estimate of drug-likeness (QED) is 0.668. The smallest absolute Gasteiger partial charge is 0.274 e. The highest BCUT2D eigenvalue weighted by Gasteiger charge is 2.14. The molecular weight excluding hydrogens is 256 g/mol. The molecule has 0 saturated carbocycles. The van der Waals surface area contributed by atoms with Gasteiger partial charge in [0.2, 0.25) is 0 Å². The van der Waals surface area contributed by atoms with Gasteiger partial charge in [-0.05, 0) is 19.4 Å². The van der Waals surface area contributed by atoms with Crippen LogP contribution in [-0.4, -0.2) is 14.9 Å². The molecule has 6 nitrogen and oxygen atoms in total. The monoisotopic (exact) mass is 272 g/mol. The van der Waals surface area contributed by atoms with E-state index in [2.05, 4.69) is 15.3 Å². The minimum atomic E-state index is -0.350. The molecule has 6 heteroatoms. The number of aromatic nitrogens is 2. The Morgan fingerprint density at radius 2 is 2.20 bits per heavy atom. The standard InChI is InChI=1S/C14H16N4O2/c1-3-11-4-5-12(8-14(11)18(19)20)17-10(2)13-9-15-6-7-16-13/h4-10,17H,3H2,1-2H3. The van der Waals surface area contributed by atoms with Crippen LogP contribution in [0.15, 0.2) is 36.8 Å². The van der Waals surface area contributed by atoms with Crippen LogP contribution >= 0.6 is 0 Å². The molecule has 1 aromatic carbocycles. The maximum absolute atomic E-state index is 11.0. The largest absolute Gasteiger partial charge is 0.377 e. The van der Waals surface area contributed by atoms with Crippen LogP contribution in [-0.2, 0) is 6.42 Å². The number of rotatable bonds is 5. The molecule has 0 amide bonds. The topological polar surface area (TPSA) is 81.0 Å². The number of nitro groups is 1. The molecule has 2 aromatic rings. The van der Waals surface area contributed by atoms with Crippen molar-refractivity contribution in [3.63, 3.8) is 0 Å². The number of nitrogens with zero attached hydrogens (tertiary/aromatic N) is 3. The zero-order chi connectivity index (χ0) is 14.5. The third kappa shape index (κ3) is 3.09. The fraction of sp³-hybridized carbons (Fsp3) is 0.286. The van der Waals surface area contributed by atoms with Gasteiger partial charge in [-0.25, -0.2) is 0 Å². The predicted octanol–water partition coefficient (Wildman–Crippen LogP) is 3.12. The second kappa shape index (κ2) is 6.10. The van der Waals surface area contributed by atoms with Crippen LogP contribution in [0.2, 0.25) is 0 Å². The molecule has 1 N–H and O–H groups in total. The minimum Gasteiger partial charge on any atom is -0.377 e. The van der Waals surface area contributed by atoms with Crippen LogP contribution in [0.4, 0.5) is 11.4 Å². The average molecular weight is 272 g/mol. The molecule has 0 aliphatic carbocycles. The van der Waals surface area contributed by atoms with Gasteiger partial charge in [-0.1, -0.05) is 13.0 Å². The summed E-state index contributed by atoms with van der Waals surface area (Å²) in [5.41, 5.74) is 2.36. The molecule has 0 aliphatic heterocycles. The number of anilines is 1. The van der Waals surface area contributed by atoms with E-state index in [9.17, 15) is 10.1 Å². The number of nitro benzene ring substituents is 1. The van der Waals surface area contributed by atoms with Crippen LogP contribution in [0.25, 0.3) is 0 Å². The maximum atomic E-state index is 11.0. The Balaban J connectivity index is 2.22. The lowest BCUT2D eigenvalue weighted by molar-refractivity contribution is -0.385. The van der Waals surface area contributed by atoms with Crippen LogP contribution in [0, 0.1) is 10.1 Å². The average Bonchev–Trinajstić information content (AvgIpc) is 2.48. The molecule has 0 radical (unpaired) electrons. The number of nitrogens with one attached hydrogen (secondary N) is 1. The highest BCUT2D eigenvalue weighted by molar-refractivity contribution is 5.56. The van der Waals surface area contributed by atoms with Crippen molar-refractivity contribution < 1.29 is 4.92 Å². The van der Waals surface area contributed by atoms with E-state index in [1.54, 1.807) is 30.7 Å². The molecule has 0 saturated heterocycles. The van der Waals surface area contributed by atoms with Gasteiger partial charge in [0, 0.05) is 29.7 Å². The highest BCUT2D eigenvalue weighted by Crippen LogP contribution is 2.25. The summed E-state index contributed by atoms with van der Waals surface area (Å²) in [5, 5.41) is 14.2. The van der Waals surface area contributed by atoms with Gasteiger partial charge in [-0.2, -0.15) is 0 Å². The lowest BCUT2D eigenvalue weighted by atomic mass is 10.1. The predicted molar refractivity (Wildman–Crippen MR) is 76.5 cm³/mol. The lowest BCUT2D eigenvalue weighted by Crippen LogP contribution is -2.09. The summed E-state index contributed by atoms with van der Waals surface area (Å²) >= 11 is 0. The summed E-state index contributed by atoms with van der Waals surface area (Å²) in [7, 11) is 0. The fourth-order valence-corrected chi connectivity index (χ4v) is 1.98. The summed E-state index contributed by atoms with van der Waals surface area (Å²) in [5.74, 6) is 0. The van der Waals surface area contributed by atoms with Crippen molar-refractivity contribution in [1.29, 1.82) is 0 Å². The number of hydrogen-bond acceptors (Lipinski definition) is 5. The Hall–Kier alpha value is -2.50. The minimum absolute atomic E-state index is 0.0734. The van der Waals surface area contributed by atoms with Crippen LogP contribution < -0.4 is 5.32 Å². The lowest BCUT2D eigenvalue weighted by Gasteiger charge is -2.14. The normalized spacial score (nSPS) is 11.9. The van der Waals surface area contributed by atoms with E-state index < -0.39 is 0 Å². The summed E-state index contributed by atoms with van der Waals surface area (Å²) < 4.78 is 0. The van der Waals surface area contributed by atoms with Gasteiger partial charge in [-0.15, -0.1) is 0 Å². The molecular formula is C14H16N4O2. The zero-order valence-electron chi connectivity index (χ0n) is 11.4. The number of aryl methyl sites for hydroxylation is 1. The Kier molecular flexibility index (Phi) is 4.24. The third-order valence-electron chi connectivity index (χ3n) is 3.07. The van der Waals surface area contributed by atoms with Crippen molar-refractivity contribution in [2.24, 2.45) is 0 Å². The molecule has 104 valence electrons. The van der Waals surface area contributed by atoms with E-state index in [1.807, 2.05) is 19.9 Å². The van der Waals surface area contributed by atoms with E-state index in [-0.39, 0.29) is 16.7 Å². The molecule has 0 spiro atoms. The molecule has 2 rings (SSSR count). The molecule has 1 unspecified atom stereocenters. The maximum Gasteiger partial charge on any atom is 0.274 e. The van der Waals surface area contributed by atoms with Gasteiger partial charge < -0.3 is 5.32 Å². The molecule has 1 atom stereocenters. The highest BCUT2D eigenvalue weighted by atomic mass is 16.6. The molecule has 0 aliphatic rings. The van der Waals surface area contributed by atoms with E-state index >= 15 is 0 Å². The van der Waals surface area contributed by atoms with Crippen LogP contribution in [0.3, 0.4) is 0 Å². The van der Waals surface area contributed by atoms with Crippen molar-refractivity contribution in [1.82, 2.24) is 9.97 Å². The van der Waals surface area contributed by atoms with Crippen molar-refractivity contribution >= 4 is 11.4 Å². The van der Waals surface area contributed by atoms with Crippen LogP contribution in [0.1, 0.15) is 31.1 Å². The first kappa shape index (κ1) is 13.9. The Labute approximate surface area is 117 Å². The molecule has 1 heterocycles. The zero-order valence-corrected chi connectivity index (χ0v) is 11.4. The van der Waals surface area contributed by atoms with Gasteiger partial charge in [0.25, 0.3) is 5.69 Å². The first-order valence-corrected chi connectivity index (χ1v) is 6.41. The van der Waals surface area contributed by atoms with Crippen molar-refractivity contribution in [2.75, 3.05) is 5.32 Å². The second-order valence-corrected chi connectivity index (χ2v) is 4.45. The summed E-state index contributed by atoms with van der Waals surface area (Å²) in [6, 6.07) is 5.12. The molecule has 1 aromatic heterocycles. The van der Waals surface area contributed by atoms with Gasteiger partial charge in [-0.3, -0.25) is 20.1 Å². The van der Waals surface area contributed by atoms with E-state index in [1.165, 1.54) is 0 Å². The second-order valence-electron chi connectivity index (χ2n) is 4.45. The SMILES string of the molecule is CCc1ccc(NC(C)c2cnccn2)cc1[N+](=O)[O-].